The molecule has 0 fully saturated rings. The van der Waals surface area contributed by atoms with Gasteiger partial charge in [0.1, 0.15) is 17.1 Å². The number of anilines is 5. The van der Waals surface area contributed by atoms with Crippen LogP contribution < -0.4 is 14.5 Å². The summed E-state index contributed by atoms with van der Waals surface area (Å²) in [6, 6.07) is 76.8. The van der Waals surface area contributed by atoms with Gasteiger partial charge in [-0.05, 0) is 148 Å². The van der Waals surface area contributed by atoms with Gasteiger partial charge in [0.25, 0.3) is 0 Å². The smallest absolute Gasteiger partial charge is 0.420 e. The molecule has 18 rings (SSSR count). The zero-order valence-electron chi connectivity index (χ0n) is 48.2. The van der Waals surface area contributed by atoms with E-state index >= 15 is 26.3 Å². The number of ether oxygens (including phenoxy) is 1. The lowest BCUT2D eigenvalue weighted by molar-refractivity contribution is -0.138. The van der Waals surface area contributed by atoms with Crippen molar-refractivity contribution >= 4 is 93.7 Å². The highest BCUT2D eigenvalue weighted by Crippen LogP contribution is 2.66. The van der Waals surface area contributed by atoms with Crippen molar-refractivity contribution in [1.29, 1.82) is 10.5 Å². The lowest BCUT2D eigenvalue weighted by Gasteiger charge is -2.41. The first kappa shape index (κ1) is 53.2. The van der Waals surface area contributed by atoms with E-state index in [0.29, 0.717) is 73.8 Å². The van der Waals surface area contributed by atoms with Crippen molar-refractivity contribution in [3.05, 3.63) is 304 Å². The van der Waals surface area contributed by atoms with Crippen LogP contribution in [0, 0.1) is 22.7 Å². The Morgan fingerprint density at radius 3 is 1.65 bits per heavy atom. The zero-order valence-corrected chi connectivity index (χ0v) is 48.2. The predicted molar refractivity (Wildman–Crippen MR) is 347 cm³/mol. The molecule has 14 aromatic rings. The van der Waals surface area contributed by atoms with Gasteiger partial charge in [0.15, 0.2) is 5.58 Å². The molecule has 4 aliphatic rings. The fourth-order valence-corrected chi connectivity index (χ4v) is 15.6. The fourth-order valence-electron chi connectivity index (χ4n) is 15.6. The monoisotopic (exact) mass is 1210 g/mol. The number of aromatic nitrogens is 1. The second-order valence-electron chi connectivity index (χ2n) is 23.7. The Hall–Kier alpha value is -11.8. The molecule has 2 atom stereocenters. The average molecular weight is 1210 g/mol. The summed E-state index contributed by atoms with van der Waals surface area (Å²) < 4.78 is 106. The third kappa shape index (κ3) is 7.21. The van der Waals surface area contributed by atoms with E-state index in [1.54, 1.807) is 42.5 Å². The van der Waals surface area contributed by atoms with Crippen LogP contribution in [-0.2, 0) is 17.8 Å². The Bertz CT molecular complexity index is 5740. The predicted octanol–water partition coefficient (Wildman–Crippen LogP) is 21.4. The molecule has 92 heavy (non-hydrogen) atoms. The van der Waals surface area contributed by atoms with E-state index < -0.39 is 34.8 Å². The number of allylic oxidation sites excluding steroid dienone is 3. The highest BCUT2D eigenvalue weighted by atomic mass is 19.4. The van der Waals surface area contributed by atoms with E-state index in [0.717, 1.165) is 94.6 Å². The van der Waals surface area contributed by atoms with Crippen LogP contribution in [0.1, 0.15) is 62.4 Å². The van der Waals surface area contributed by atoms with E-state index in [1.807, 2.05) is 89.8 Å². The number of furan rings is 1. The normalized spacial score (nSPS) is 16.0. The van der Waals surface area contributed by atoms with E-state index in [4.69, 9.17) is 9.15 Å². The van der Waals surface area contributed by atoms with Gasteiger partial charge >= 0.3 is 12.4 Å². The van der Waals surface area contributed by atoms with Crippen LogP contribution >= 0.6 is 0 Å². The van der Waals surface area contributed by atoms with Crippen molar-refractivity contribution in [3.8, 4) is 34.7 Å². The Morgan fingerprint density at radius 2 is 0.989 bits per heavy atom. The lowest BCUT2D eigenvalue weighted by atomic mass is 9.65. The van der Waals surface area contributed by atoms with Crippen molar-refractivity contribution in [3.63, 3.8) is 0 Å². The minimum Gasteiger partial charge on any atom is -0.458 e. The molecular weight excluding hydrogens is 1160 g/mol. The number of nitriles is 2. The topological polar surface area (TPSA) is 81.4 Å². The number of fused-ring (bicyclic) bond motifs is 22. The molecule has 0 N–H and O–H groups in total. The van der Waals surface area contributed by atoms with Crippen LogP contribution in [0.5, 0.6) is 5.75 Å². The molecule has 13 heteroatoms. The first-order valence-corrected chi connectivity index (χ1v) is 30.0. The number of para-hydroxylation sites is 6. The molecular formula is C79H43F6N5O2. The summed E-state index contributed by atoms with van der Waals surface area (Å²) in [4.78, 5) is 4.10. The standard InChI is InChI=1S/C79H43F6N5O2/c80-78(81,82)60-26-10-20-54-56-22-12-30-66(75(56)91-73(54)60)88(46-36-32-44(42-86)33-37-46)68-40-62-70(51-17-3-1-14-48(51)68)71-52-18-4-2-15-49(52)69(41-63(71)77(62)58-24-6-8-29-65(58)90-64-28-7-5-16-50(64)53-19-9-25-59(77)72(53)90)89(47-38-34-45(43-87)35-39-47)67-31-13-23-57-55-21-11-27-61(79(83,84)85)74(55)92-76(57)67/h1-22,24-41,57H,23H2. The van der Waals surface area contributed by atoms with E-state index in [-0.39, 0.29) is 16.9 Å². The van der Waals surface area contributed by atoms with Gasteiger partial charge in [-0.3, -0.25) is 0 Å². The summed E-state index contributed by atoms with van der Waals surface area (Å²) in [5.74, 6) is -0.428. The molecule has 2 aromatic heterocycles. The number of hydrogen-bond donors (Lipinski definition) is 0. The van der Waals surface area contributed by atoms with Crippen LogP contribution in [-0.4, -0.2) is 4.57 Å². The van der Waals surface area contributed by atoms with Gasteiger partial charge in [0.2, 0.25) is 0 Å². The number of rotatable bonds is 6. The van der Waals surface area contributed by atoms with E-state index in [1.165, 1.54) is 12.1 Å². The molecule has 2 aliphatic heterocycles. The number of benzene rings is 12. The van der Waals surface area contributed by atoms with Crippen molar-refractivity contribution in [2.75, 3.05) is 9.80 Å². The molecule has 0 saturated heterocycles. The molecule has 2 aliphatic carbocycles. The van der Waals surface area contributed by atoms with Gasteiger partial charge in [0.05, 0.1) is 85.2 Å². The average Bonchev–Trinajstić information content (AvgIpc) is 1.47. The van der Waals surface area contributed by atoms with E-state index in [9.17, 15) is 10.5 Å². The lowest BCUT2D eigenvalue weighted by Crippen LogP contribution is -2.34. The summed E-state index contributed by atoms with van der Waals surface area (Å²) in [6.45, 7) is 0. The minimum atomic E-state index is -4.72. The molecule has 4 heterocycles. The number of alkyl halides is 6. The first-order valence-electron chi connectivity index (χ1n) is 30.0. The zero-order chi connectivity index (χ0) is 62.1. The summed E-state index contributed by atoms with van der Waals surface area (Å²) in [6.07, 6.45) is -5.13. The van der Waals surface area contributed by atoms with Crippen LogP contribution in [0.4, 0.5) is 54.8 Å². The maximum Gasteiger partial charge on any atom is 0.420 e. The Morgan fingerprint density at radius 1 is 0.467 bits per heavy atom. The van der Waals surface area contributed by atoms with Gasteiger partial charge in [-0.15, -0.1) is 0 Å². The maximum absolute atomic E-state index is 15.0. The van der Waals surface area contributed by atoms with Crippen LogP contribution in [0.2, 0.25) is 0 Å². The quantitative estimate of drug-likeness (QED) is 0.154. The molecule has 1 spiro atoms. The summed E-state index contributed by atoms with van der Waals surface area (Å²) >= 11 is 0. The molecule has 12 aromatic carbocycles. The molecule has 0 radical (unpaired) electrons. The van der Waals surface area contributed by atoms with Crippen molar-refractivity contribution in [2.24, 2.45) is 0 Å². The van der Waals surface area contributed by atoms with Gasteiger partial charge < -0.3 is 23.5 Å². The highest BCUT2D eigenvalue weighted by molar-refractivity contribution is 6.21. The van der Waals surface area contributed by atoms with Gasteiger partial charge in [0, 0.05) is 49.3 Å². The van der Waals surface area contributed by atoms with Crippen molar-refractivity contribution in [1.82, 2.24) is 4.57 Å². The second kappa shape index (κ2) is 19.1. The molecule has 7 nitrogen and oxygen atoms in total. The van der Waals surface area contributed by atoms with Gasteiger partial charge in [-0.25, -0.2) is 0 Å². The molecule has 0 amide bonds. The van der Waals surface area contributed by atoms with Crippen LogP contribution in [0.3, 0.4) is 0 Å². The van der Waals surface area contributed by atoms with Gasteiger partial charge in [-0.1, -0.05) is 146 Å². The van der Waals surface area contributed by atoms with Gasteiger partial charge in [-0.2, -0.15) is 36.9 Å². The molecule has 0 bridgehead atoms. The van der Waals surface area contributed by atoms with E-state index in [2.05, 4.69) is 113 Å². The van der Waals surface area contributed by atoms with Crippen molar-refractivity contribution in [2.45, 2.75) is 30.1 Å². The van der Waals surface area contributed by atoms with Crippen molar-refractivity contribution < 1.29 is 35.5 Å². The Kier molecular flexibility index (Phi) is 11.1. The fraction of sp³-hybridized carbons (Fsp3) is 0.0633. The molecule has 2 unspecified atom stereocenters. The summed E-state index contributed by atoms with van der Waals surface area (Å²) in [5, 5.41) is 26.6. The third-order valence-electron chi connectivity index (χ3n) is 19.2. The molecule has 438 valence electrons. The summed E-state index contributed by atoms with van der Waals surface area (Å²) in [5.41, 5.74) is 10.3. The summed E-state index contributed by atoms with van der Waals surface area (Å²) in [7, 11) is 0. The Balaban J connectivity index is 1.00. The van der Waals surface area contributed by atoms with Crippen LogP contribution in [0.15, 0.2) is 259 Å². The third-order valence-corrected chi connectivity index (χ3v) is 19.2. The first-order chi connectivity index (χ1) is 44.8. The highest BCUT2D eigenvalue weighted by Gasteiger charge is 2.53. The maximum atomic E-state index is 15.0. The SMILES string of the molecule is N#Cc1ccc(N(C2=C3Oc4c(cccc4C(F)(F)F)C3CC=C2)c2cc3c(c4ccccc24)-c2c(cc(N(c4ccc(C#N)cc4)c4cccc5c4oc4c(C(F)(F)F)cccc45)c4ccccc24)C32c3ccccc3-n3c4ccccc4c4cccc2c43)cc1. The molecule has 0 saturated carbocycles. The Labute approximate surface area is 520 Å². The largest absolute Gasteiger partial charge is 0.458 e. The number of halogens is 6. The second-order valence-corrected chi connectivity index (χ2v) is 23.7. The number of nitrogens with zero attached hydrogens (tertiary/aromatic N) is 5. The number of hydrogen-bond acceptors (Lipinski definition) is 6. The minimum absolute atomic E-state index is 0.223. The van der Waals surface area contributed by atoms with Crippen LogP contribution in [0.25, 0.3) is 82.1 Å².